The van der Waals surface area contributed by atoms with Crippen LogP contribution in [0.1, 0.15) is 6.92 Å². The molecule has 1 aliphatic rings. The lowest BCUT2D eigenvalue weighted by Crippen LogP contribution is -2.39. The van der Waals surface area contributed by atoms with Gasteiger partial charge in [0, 0.05) is 17.2 Å². The molecular formula is C11H12BrNOS. The van der Waals surface area contributed by atoms with Crippen LogP contribution in [0.3, 0.4) is 0 Å². The summed E-state index contributed by atoms with van der Waals surface area (Å²) in [6.45, 7) is 2.67. The lowest BCUT2D eigenvalue weighted by molar-refractivity contribution is -0.117. The van der Waals surface area contributed by atoms with Gasteiger partial charge in [0.1, 0.15) is 0 Å². The lowest BCUT2D eigenvalue weighted by atomic mass is 10.2. The number of carbonyl (C=O) groups excluding carboxylic acids is 1. The smallest absolute Gasteiger partial charge is 0.240 e. The molecule has 80 valence electrons. The van der Waals surface area contributed by atoms with Crippen LogP contribution >= 0.6 is 27.7 Å². The fraction of sp³-hybridized carbons (Fsp3) is 0.364. The molecule has 0 aliphatic carbocycles. The number of rotatable bonds is 1. The first-order valence-electron chi connectivity index (χ1n) is 4.87. The summed E-state index contributed by atoms with van der Waals surface area (Å²) in [5.41, 5.74) is 1.05. The Kier molecular flexibility index (Phi) is 3.36. The minimum Gasteiger partial charge on any atom is -0.309 e. The molecule has 0 N–H and O–H groups in total. The molecule has 0 saturated heterocycles. The molecule has 0 bridgehead atoms. The highest BCUT2D eigenvalue weighted by molar-refractivity contribution is 9.10. The standard InChI is InChI=1S/C11H12BrNOS/c1-8(12)11(14)13-6-7-15-10-5-3-2-4-9(10)13/h2-5,8H,6-7H2,1H3. The van der Waals surface area contributed by atoms with Gasteiger partial charge in [-0.2, -0.15) is 0 Å². The predicted molar refractivity (Wildman–Crippen MR) is 67.9 cm³/mol. The van der Waals surface area contributed by atoms with E-state index < -0.39 is 0 Å². The summed E-state index contributed by atoms with van der Waals surface area (Å²) in [5, 5.41) is 0. The molecule has 1 unspecified atom stereocenters. The first-order valence-corrected chi connectivity index (χ1v) is 6.77. The van der Waals surface area contributed by atoms with Crippen LogP contribution in [0.5, 0.6) is 0 Å². The summed E-state index contributed by atoms with van der Waals surface area (Å²) in [4.78, 5) is 14.9. The van der Waals surface area contributed by atoms with Crippen LogP contribution in [0.25, 0.3) is 0 Å². The zero-order valence-electron chi connectivity index (χ0n) is 8.44. The third-order valence-electron chi connectivity index (χ3n) is 2.33. The minimum atomic E-state index is -0.117. The molecule has 0 radical (unpaired) electrons. The second kappa shape index (κ2) is 4.58. The normalized spacial score (nSPS) is 17.1. The van der Waals surface area contributed by atoms with Crippen LogP contribution in [0.2, 0.25) is 0 Å². The molecule has 1 heterocycles. The van der Waals surface area contributed by atoms with E-state index in [4.69, 9.17) is 0 Å². The Morgan fingerprint density at radius 2 is 2.27 bits per heavy atom. The summed E-state index contributed by atoms with van der Waals surface area (Å²) in [6.07, 6.45) is 0. The number of fused-ring (bicyclic) bond motifs is 1. The average molecular weight is 286 g/mol. The van der Waals surface area contributed by atoms with Crippen molar-refractivity contribution >= 4 is 39.3 Å². The number of nitrogens with zero attached hydrogens (tertiary/aromatic N) is 1. The predicted octanol–water partition coefficient (Wildman–Crippen LogP) is 2.91. The SMILES string of the molecule is CC(Br)C(=O)N1CCSc2ccccc21. The number of anilines is 1. The first kappa shape index (κ1) is 11.0. The van der Waals surface area contributed by atoms with Crippen LogP contribution in [0, 0.1) is 0 Å². The maximum Gasteiger partial charge on any atom is 0.240 e. The van der Waals surface area contributed by atoms with E-state index in [1.54, 1.807) is 0 Å². The highest BCUT2D eigenvalue weighted by Gasteiger charge is 2.24. The quantitative estimate of drug-likeness (QED) is 0.740. The maximum atomic E-state index is 11.9. The number of benzene rings is 1. The molecule has 2 nitrogen and oxygen atoms in total. The zero-order chi connectivity index (χ0) is 10.8. The number of hydrogen-bond donors (Lipinski definition) is 0. The molecule has 1 aliphatic heterocycles. The third kappa shape index (κ3) is 2.21. The Labute approximate surface area is 102 Å². The molecule has 1 aromatic rings. The van der Waals surface area contributed by atoms with Crippen molar-refractivity contribution in [2.75, 3.05) is 17.2 Å². The van der Waals surface area contributed by atoms with Crippen molar-refractivity contribution in [3.05, 3.63) is 24.3 Å². The molecule has 0 spiro atoms. The molecule has 0 aromatic heterocycles. The van der Waals surface area contributed by atoms with Gasteiger partial charge in [0.25, 0.3) is 0 Å². The number of halogens is 1. The topological polar surface area (TPSA) is 20.3 Å². The second-order valence-corrected chi connectivity index (χ2v) is 5.93. The fourth-order valence-corrected chi connectivity index (χ4v) is 2.86. The second-order valence-electron chi connectivity index (χ2n) is 3.42. The Bertz CT molecular complexity index is 381. The number of thioether (sulfide) groups is 1. The number of carbonyl (C=O) groups is 1. The molecule has 1 amide bonds. The third-order valence-corrected chi connectivity index (χ3v) is 3.77. The molecule has 1 atom stereocenters. The average Bonchev–Trinajstić information content (AvgIpc) is 2.27. The Morgan fingerprint density at radius 3 is 3.00 bits per heavy atom. The zero-order valence-corrected chi connectivity index (χ0v) is 10.8. The van der Waals surface area contributed by atoms with Gasteiger partial charge in [-0.25, -0.2) is 0 Å². The lowest BCUT2D eigenvalue weighted by Gasteiger charge is -2.29. The monoisotopic (exact) mass is 285 g/mol. The van der Waals surface area contributed by atoms with Gasteiger partial charge in [-0.3, -0.25) is 4.79 Å². The first-order chi connectivity index (χ1) is 7.20. The van der Waals surface area contributed by atoms with E-state index in [9.17, 15) is 4.79 Å². The van der Waals surface area contributed by atoms with Gasteiger partial charge in [-0.1, -0.05) is 28.1 Å². The van der Waals surface area contributed by atoms with Crippen molar-refractivity contribution < 1.29 is 4.79 Å². The fourth-order valence-electron chi connectivity index (χ4n) is 1.61. The van der Waals surface area contributed by atoms with Crippen LogP contribution in [-0.4, -0.2) is 23.0 Å². The van der Waals surface area contributed by atoms with E-state index >= 15 is 0 Å². The van der Waals surface area contributed by atoms with Crippen molar-refractivity contribution in [2.45, 2.75) is 16.6 Å². The van der Waals surface area contributed by atoms with E-state index in [2.05, 4.69) is 22.0 Å². The van der Waals surface area contributed by atoms with E-state index in [1.807, 2.05) is 41.8 Å². The van der Waals surface area contributed by atoms with Crippen molar-refractivity contribution in [3.63, 3.8) is 0 Å². The largest absolute Gasteiger partial charge is 0.309 e. The van der Waals surface area contributed by atoms with Gasteiger partial charge in [0.15, 0.2) is 0 Å². The summed E-state index contributed by atoms with van der Waals surface area (Å²) in [7, 11) is 0. The highest BCUT2D eigenvalue weighted by Crippen LogP contribution is 2.34. The van der Waals surface area contributed by atoms with E-state index in [-0.39, 0.29) is 10.7 Å². The molecule has 1 aromatic carbocycles. The number of hydrogen-bond acceptors (Lipinski definition) is 2. The molecule has 0 fully saturated rings. The number of para-hydroxylation sites is 1. The summed E-state index contributed by atoms with van der Waals surface area (Å²) >= 11 is 5.14. The Hall–Kier alpha value is -0.480. The van der Waals surface area contributed by atoms with Gasteiger partial charge < -0.3 is 4.90 Å². The molecule has 4 heteroatoms. The molecule has 2 rings (SSSR count). The summed E-state index contributed by atoms with van der Waals surface area (Å²) in [5.74, 6) is 1.12. The Balaban J connectivity index is 2.34. The Morgan fingerprint density at radius 1 is 1.53 bits per heavy atom. The van der Waals surface area contributed by atoms with Gasteiger partial charge in [-0.15, -0.1) is 11.8 Å². The number of amides is 1. The highest BCUT2D eigenvalue weighted by atomic mass is 79.9. The van der Waals surface area contributed by atoms with E-state index in [0.717, 1.165) is 18.0 Å². The minimum absolute atomic E-state index is 0.117. The van der Waals surface area contributed by atoms with Gasteiger partial charge in [-0.05, 0) is 19.1 Å². The van der Waals surface area contributed by atoms with Crippen LogP contribution in [0.15, 0.2) is 29.2 Å². The summed E-state index contributed by atoms with van der Waals surface area (Å²) < 4.78 is 0. The van der Waals surface area contributed by atoms with Crippen molar-refractivity contribution in [3.8, 4) is 0 Å². The van der Waals surface area contributed by atoms with Crippen LogP contribution < -0.4 is 4.90 Å². The van der Waals surface area contributed by atoms with Crippen molar-refractivity contribution in [2.24, 2.45) is 0 Å². The van der Waals surface area contributed by atoms with Gasteiger partial charge in [0.05, 0.1) is 10.5 Å². The van der Waals surface area contributed by atoms with Crippen LogP contribution in [0.4, 0.5) is 5.69 Å². The van der Waals surface area contributed by atoms with Crippen molar-refractivity contribution in [1.29, 1.82) is 0 Å². The summed E-state index contributed by atoms with van der Waals surface area (Å²) in [6, 6.07) is 8.06. The molecule has 0 saturated carbocycles. The van der Waals surface area contributed by atoms with Crippen LogP contribution in [-0.2, 0) is 4.79 Å². The molecular weight excluding hydrogens is 274 g/mol. The molecule has 15 heavy (non-hydrogen) atoms. The van der Waals surface area contributed by atoms with E-state index in [0.29, 0.717) is 0 Å². The van der Waals surface area contributed by atoms with Gasteiger partial charge in [0.2, 0.25) is 5.91 Å². The maximum absolute atomic E-state index is 11.9. The van der Waals surface area contributed by atoms with E-state index in [1.165, 1.54) is 4.90 Å². The van der Waals surface area contributed by atoms with Crippen molar-refractivity contribution in [1.82, 2.24) is 0 Å². The van der Waals surface area contributed by atoms with Gasteiger partial charge >= 0.3 is 0 Å². The number of alkyl halides is 1.